The summed E-state index contributed by atoms with van der Waals surface area (Å²) in [6.07, 6.45) is -5.50. The zero-order chi connectivity index (χ0) is 18.1. The van der Waals surface area contributed by atoms with Crippen LogP contribution in [0.15, 0.2) is 12.3 Å². The summed E-state index contributed by atoms with van der Waals surface area (Å²) in [5, 5.41) is 0. The fourth-order valence-electron chi connectivity index (χ4n) is 1.31. The molecule has 0 amide bonds. The van der Waals surface area contributed by atoms with E-state index < -0.39 is 34.3 Å². The molecule has 23 heavy (non-hydrogen) atoms. The Balaban J connectivity index is 2.78. The standard InChI is InChI=1S/C14H20BF4NO2S/c1-8(14(17,18)19)21-11-10(16)6-9(7-20-11)15-22-12(2,3)13(4,5)23/h6-8,15,23H,1-5H3. The van der Waals surface area contributed by atoms with Gasteiger partial charge in [-0.05, 0) is 46.1 Å². The van der Waals surface area contributed by atoms with Gasteiger partial charge in [-0.3, -0.25) is 0 Å². The number of ether oxygens (including phenoxy) is 1. The third-order valence-electron chi connectivity index (χ3n) is 3.69. The van der Waals surface area contributed by atoms with Crippen molar-refractivity contribution in [3.8, 4) is 5.88 Å². The predicted molar refractivity (Wildman–Crippen MR) is 85.4 cm³/mol. The molecule has 0 N–H and O–H groups in total. The molecule has 0 aromatic carbocycles. The summed E-state index contributed by atoms with van der Waals surface area (Å²) in [7, 11) is 0.0516. The molecule has 1 aromatic rings. The molecule has 0 aliphatic heterocycles. The van der Waals surface area contributed by atoms with Gasteiger partial charge in [0.15, 0.2) is 11.9 Å². The van der Waals surface area contributed by atoms with Gasteiger partial charge in [0.1, 0.15) is 0 Å². The molecule has 0 aliphatic rings. The van der Waals surface area contributed by atoms with Gasteiger partial charge in [-0.2, -0.15) is 25.8 Å². The molecule has 0 aliphatic carbocycles. The Labute approximate surface area is 139 Å². The second kappa shape index (κ2) is 6.89. The fraction of sp³-hybridized carbons (Fsp3) is 0.643. The molecule has 1 atom stereocenters. The van der Waals surface area contributed by atoms with Crippen molar-refractivity contribution in [2.75, 3.05) is 0 Å². The maximum atomic E-state index is 13.8. The highest BCUT2D eigenvalue weighted by Gasteiger charge is 2.39. The molecule has 1 rings (SSSR count). The van der Waals surface area contributed by atoms with Gasteiger partial charge in [-0.15, -0.1) is 0 Å². The van der Waals surface area contributed by atoms with Crippen molar-refractivity contribution in [1.29, 1.82) is 0 Å². The van der Waals surface area contributed by atoms with Crippen molar-refractivity contribution >= 4 is 25.6 Å². The van der Waals surface area contributed by atoms with Crippen LogP contribution in [0.2, 0.25) is 0 Å². The van der Waals surface area contributed by atoms with Crippen LogP contribution in [0.5, 0.6) is 5.88 Å². The Morgan fingerprint density at radius 1 is 1.22 bits per heavy atom. The summed E-state index contributed by atoms with van der Waals surface area (Å²) in [5.74, 6) is -1.66. The van der Waals surface area contributed by atoms with E-state index in [1.54, 1.807) is 0 Å². The average molecular weight is 353 g/mol. The van der Waals surface area contributed by atoms with E-state index in [1.807, 2.05) is 27.7 Å². The molecule has 3 nitrogen and oxygen atoms in total. The smallest absolute Gasteiger partial charge is 0.425 e. The van der Waals surface area contributed by atoms with Gasteiger partial charge in [0.25, 0.3) is 5.88 Å². The zero-order valence-corrected chi connectivity index (χ0v) is 14.6. The summed E-state index contributed by atoms with van der Waals surface area (Å²) < 4.78 is 60.8. The second-order valence-electron chi connectivity index (χ2n) is 6.29. The lowest BCUT2D eigenvalue weighted by Crippen LogP contribution is -2.45. The minimum atomic E-state index is -4.59. The Hall–Kier alpha value is -0.955. The van der Waals surface area contributed by atoms with Crippen LogP contribution in [0, 0.1) is 5.82 Å². The van der Waals surface area contributed by atoms with Crippen LogP contribution in [-0.4, -0.2) is 35.1 Å². The number of nitrogens with zero attached hydrogens (tertiary/aromatic N) is 1. The Morgan fingerprint density at radius 3 is 2.22 bits per heavy atom. The number of pyridine rings is 1. The van der Waals surface area contributed by atoms with Crippen LogP contribution in [0.25, 0.3) is 0 Å². The monoisotopic (exact) mass is 353 g/mol. The van der Waals surface area contributed by atoms with Crippen molar-refractivity contribution in [2.45, 2.75) is 57.2 Å². The van der Waals surface area contributed by atoms with Gasteiger partial charge < -0.3 is 9.39 Å². The van der Waals surface area contributed by atoms with E-state index in [9.17, 15) is 17.6 Å². The molecule has 0 saturated carbocycles. The number of thiol groups is 1. The van der Waals surface area contributed by atoms with Crippen molar-refractivity contribution in [1.82, 2.24) is 4.98 Å². The van der Waals surface area contributed by atoms with Gasteiger partial charge in [0.2, 0.25) is 0 Å². The van der Waals surface area contributed by atoms with Crippen molar-refractivity contribution in [2.24, 2.45) is 0 Å². The number of rotatable bonds is 6. The van der Waals surface area contributed by atoms with E-state index in [-0.39, 0.29) is 7.48 Å². The van der Waals surface area contributed by atoms with E-state index in [2.05, 4.69) is 22.3 Å². The first-order chi connectivity index (χ1) is 10.2. The maximum absolute atomic E-state index is 13.8. The Morgan fingerprint density at radius 2 is 1.78 bits per heavy atom. The van der Waals surface area contributed by atoms with Gasteiger partial charge in [-0.25, -0.2) is 9.37 Å². The lowest BCUT2D eigenvalue weighted by molar-refractivity contribution is -0.190. The Bertz CT molecular complexity index is 547. The quantitative estimate of drug-likeness (QED) is 0.485. The highest BCUT2D eigenvalue weighted by Crippen LogP contribution is 2.30. The minimum Gasteiger partial charge on any atom is -0.463 e. The topological polar surface area (TPSA) is 31.4 Å². The molecule has 0 spiro atoms. The van der Waals surface area contributed by atoms with Crippen LogP contribution in [0.3, 0.4) is 0 Å². The van der Waals surface area contributed by atoms with Crippen LogP contribution < -0.4 is 10.2 Å². The average Bonchev–Trinajstić information content (AvgIpc) is 2.36. The molecular weight excluding hydrogens is 333 g/mol. The highest BCUT2D eigenvalue weighted by molar-refractivity contribution is 7.81. The first kappa shape index (κ1) is 20.1. The van der Waals surface area contributed by atoms with Crippen LogP contribution in [-0.2, 0) is 4.65 Å². The van der Waals surface area contributed by atoms with Crippen LogP contribution >= 0.6 is 12.6 Å². The van der Waals surface area contributed by atoms with E-state index in [0.29, 0.717) is 5.46 Å². The van der Waals surface area contributed by atoms with Gasteiger partial charge in [0.05, 0.1) is 5.60 Å². The lowest BCUT2D eigenvalue weighted by atomic mass is 9.85. The molecule has 0 bridgehead atoms. The Kier molecular flexibility index (Phi) is 6.01. The zero-order valence-electron chi connectivity index (χ0n) is 13.7. The normalized spacial score (nSPS) is 14.5. The van der Waals surface area contributed by atoms with Crippen molar-refractivity contribution in [3.63, 3.8) is 0 Å². The molecule has 0 saturated heterocycles. The number of hydrogen-bond acceptors (Lipinski definition) is 4. The molecule has 1 aromatic heterocycles. The van der Waals surface area contributed by atoms with Crippen LogP contribution in [0.1, 0.15) is 34.6 Å². The van der Waals surface area contributed by atoms with Crippen molar-refractivity contribution < 1.29 is 27.0 Å². The third-order valence-corrected chi connectivity index (χ3v) is 4.22. The van der Waals surface area contributed by atoms with Crippen molar-refractivity contribution in [3.05, 3.63) is 18.1 Å². The first-order valence-corrected chi connectivity index (χ1v) is 7.43. The van der Waals surface area contributed by atoms with Gasteiger partial charge in [0, 0.05) is 10.9 Å². The fourth-order valence-corrected chi connectivity index (χ4v) is 1.37. The predicted octanol–water partition coefficient (Wildman–Crippen LogP) is 3.03. The second-order valence-corrected chi connectivity index (χ2v) is 7.41. The number of aromatic nitrogens is 1. The lowest BCUT2D eigenvalue weighted by Gasteiger charge is -2.38. The first-order valence-electron chi connectivity index (χ1n) is 6.98. The number of halogens is 4. The summed E-state index contributed by atoms with van der Waals surface area (Å²) >= 11 is 4.44. The highest BCUT2D eigenvalue weighted by atomic mass is 32.1. The van der Waals surface area contributed by atoms with E-state index in [4.69, 9.17) is 4.65 Å². The SMILES string of the molecule is CC(Oc1ncc(BOC(C)(C)C(C)(C)S)cc1F)C(F)(F)F. The third kappa shape index (κ3) is 5.56. The molecule has 9 heteroatoms. The van der Waals surface area contributed by atoms with E-state index in [0.717, 1.165) is 13.0 Å². The summed E-state index contributed by atoms with van der Waals surface area (Å²) in [5.41, 5.74) is -0.216. The molecule has 0 radical (unpaired) electrons. The summed E-state index contributed by atoms with van der Waals surface area (Å²) in [4.78, 5) is 3.60. The van der Waals surface area contributed by atoms with Gasteiger partial charge in [-0.1, -0.05) is 0 Å². The molecule has 1 heterocycles. The minimum absolute atomic E-state index is 0.0516. The summed E-state index contributed by atoms with van der Waals surface area (Å²) in [6.45, 7) is 8.23. The largest absolute Gasteiger partial charge is 0.463 e. The van der Waals surface area contributed by atoms with Crippen LogP contribution in [0.4, 0.5) is 17.6 Å². The maximum Gasteiger partial charge on any atom is 0.425 e. The van der Waals surface area contributed by atoms with Gasteiger partial charge >= 0.3 is 13.7 Å². The number of alkyl halides is 3. The molecule has 130 valence electrons. The molecule has 1 unspecified atom stereocenters. The summed E-state index contributed by atoms with van der Waals surface area (Å²) in [6, 6.07) is 1.05. The van der Waals surface area contributed by atoms with E-state index >= 15 is 0 Å². The molecule has 0 fully saturated rings. The number of hydrogen-bond donors (Lipinski definition) is 1. The molecular formula is C14H20BF4NO2S. The van der Waals surface area contributed by atoms with E-state index in [1.165, 1.54) is 6.20 Å².